The second-order valence-corrected chi connectivity index (χ2v) is 4.26. The molecular weight excluding hydrogens is 206 g/mol. The Hall–Kier alpha value is -1.68. The van der Waals surface area contributed by atoms with E-state index in [4.69, 9.17) is 0 Å². The van der Waals surface area contributed by atoms with Gasteiger partial charge in [0.05, 0.1) is 11.0 Å². The van der Waals surface area contributed by atoms with E-state index in [1.54, 1.807) is 11.3 Å². The van der Waals surface area contributed by atoms with Crippen LogP contribution in [0.3, 0.4) is 0 Å². The average molecular weight is 215 g/mol. The number of rotatable bonds is 1. The Bertz CT molecular complexity index is 595. The summed E-state index contributed by atoms with van der Waals surface area (Å²) < 4.78 is 0. The zero-order valence-corrected chi connectivity index (χ0v) is 9.01. The second-order valence-electron chi connectivity index (χ2n) is 3.36. The van der Waals surface area contributed by atoms with E-state index in [1.807, 2.05) is 30.6 Å². The normalized spacial score (nSPS) is 11.0. The van der Waals surface area contributed by atoms with Crippen LogP contribution in [0.2, 0.25) is 0 Å². The van der Waals surface area contributed by atoms with Crippen molar-refractivity contribution in [1.29, 1.82) is 0 Å². The fraction of sp³-hybridized carbons (Fsp3) is 0.0909. The van der Waals surface area contributed by atoms with E-state index in [1.165, 1.54) is 0 Å². The van der Waals surface area contributed by atoms with Crippen LogP contribution in [0.4, 0.5) is 0 Å². The van der Waals surface area contributed by atoms with Gasteiger partial charge in [0.1, 0.15) is 10.8 Å². The summed E-state index contributed by atoms with van der Waals surface area (Å²) in [4.78, 5) is 12.0. The maximum absolute atomic E-state index is 4.48. The van der Waals surface area contributed by atoms with Gasteiger partial charge in [-0.1, -0.05) is 6.07 Å². The van der Waals surface area contributed by atoms with Gasteiger partial charge in [0.15, 0.2) is 0 Å². The Morgan fingerprint density at radius 1 is 1.33 bits per heavy atom. The Balaban J connectivity index is 2.35. The molecule has 0 fully saturated rings. The Kier molecular flexibility index (Phi) is 1.82. The molecule has 0 unspecified atom stereocenters. The number of nitrogens with zero attached hydrogens (tertiary/aromatic N) is 2. The molecule has 0 aliphatic carbocycles. The number of fused-ring (bicyclic) bond motifs is 1. The van der Waals surface area contributed by atoms with Crippen molar-refractivity contribution in [3.63, 3.8) is 0 Å². The van der Waals surface area contributed by atoms with Crippen LogP contribution in [-0.4, -0.2) is 15.0 Å². The monoisotopic (exact) mass is 215 g/mol. The van der Waals surface area contributed by atoms with Crippen molar-refractivity contribution in [2.75, 3.05) is 0 Å². The van der Waals surface area contributed by atoms with E-state index in [0.29, 0.717) is 0 Å². The van der Waals surface area contributed by atoms with Gasteiger partial charge in [-0.15, -0.1) is 11.3 Å². The van der Waals surface area contributed by atoms with Crippen molar-refractivity contribution >= 4 is 22.4 Å². The van der Waals surface area contributed by atoms with Crippen LogP contribution in [0.1, 0.15) is 5.82 Å². The number of hydrogen-bond acceptors (Lipinski definition) is 3. The predicted molar refractivity (Wildman–Crippen MR) is 61.9 cm³/mol. The number of H-pyrrole nitrogens is 1. The molecule has 4 heteroatoms. The molecule has 0 aliphatic rings. The summed E-state index contributed by atoms with van der Waals surface area (Å²) >= 11 is 1.64. The van der Waals surface area contributed by atoms with Gasteiger partial charge >= 0.3 is 0 Å². The van der Waals surface area contributed by atoms with E-state index in [-0.39, 0.29) is 0 Å². The molecule has 2 aromatic heterocycles. The van der Waals surface area contributed by atoms with Gasteiger partial charge in [-0.25, -0.2) is 9.97 Å². The minimum Gasteiger partial charge on any atom is -0.342 e. The molecule has 0 amide bonds. The van der Waals surface area contributed by atoms with E-state index in [2.05, 4.69) is 21.0 Å². The molecule has 3 aromatic rings. The van der Waals surface area contributed by atoms with Crippen molar-refractivity contribution < 1.29 is 0 Å². The van der Waals surface area contributed by atoms with Crippen molar-refractivity contribution in [3.8, 4) is 10.6 Å². The molecule has 1 N–H and O–H groups in total. The average Bonchev–Trinajstić information content (AvgIpc) is 2.82. The predicted octanol–water partition coefficient (Wildman–Crippen LogP) is 2.99. The van der Waals surface area contributed by atoms with Crippen LogP contribution < -0.4 is 0 Å². The van der Waals surface area contributed by atoms with E-state index in [0.717, 1.165) is 27.4 Å². The van der Waals surface area contributed by atoms with Gasteiger partial charge in [-0.2, -0.15) is 0 Å². The van der Waals surface area contributed by atoms with Crippen LogP contribution in [0.25, 0.3) is 21.6 Å². The van der Waals surface area contributed by atoms with Crippen molar-refractivity contribution in [2.24, 2.45) is 0 Å². The highest BCUT2D eigenvalue weighted by molar-refractivity contribution is 7.13. The first-order valence-electron chi connectivity index (χ1n) is 4.70. The molecule has 0 bridgehead atoms. The van der Waals surface area contributed by atoms with E-state index >= 15 is 0 Å². The summed E-state index contributed by atoms with van der Waals surface area (Å²) in [6.07, 6.45) is 1.82. The van der Waals surface area contributed by atoms with Crippen LogP contribution in [0, 0.1) is 6.92 Å². The first-order chi connectivity index (χ1) is 7.34. The summed E-state index contributed by atoms with van der Waals surface area (Å²) in [5.74, 6) is 0.939. The Morgan fingerprint density at radius 2 is 2.27 bits per heavy atom. The first kappa shape index (κ1) is 8.61. The molecule has 0 aliphatic heterocycles. The number of para-hydroxylation sites is 1. The lowest BCUT2D eigenvalue weighted by Crippen LogP contribution is -1.78. The molecule has 3 rings (SSSR count). The standard InChI is InChI=1S/C11H9N3S/c1-7-13-9-4-2-3-8(10(9)14-7)11-12-5-6-15-11/h2-6H,1H3,(H,13,14). The zero-order valence-electron chi connectivity index (χ0n) is 8.19. The van der Waals surface area contributed by atoms with Crippen molar-refractivity contribution in [3.05, 3.63) is 35.6 Å². The molecule has 0 spiro atoms. The first-order valence-corrected chi connectivity index (χ1v) is 5.58. The fourth-order valence-electron chi connectivity index (χ4n) is 1.68. The number of hydrogen-bond donors (Lipinski definition) is 1. The van der Waals surface area contributed by atoms with E-state index in [9.17, 15) is 0 Å². The largest absolute Gasteiger partial charge is 0.342 e. The topological polar surface area (TPSA) is 41.6 Å². The van der Waals surface area contributed by atoms with Crippen molar-refractivity contribution in [2.45, 2.75) is 6.92 Å². The molecule has 74 valence electrons. The SMILES string of the molecule is Cc1nc2c(-c3nccs3)cccc2[nH]1. The molecule has 0 radical (unpaired) electrons. The lowest BCUT2D eigenvalue weighted by atomic mass is 10.2. The maximum atomic E-state index is 4.48. The molecule has 0 saturated heterocycles. The highest BCUT2D eigenvalue weighted by Gasteiger charge is 2.08. The summed E-state index contributed by atoms with van der Waals surface area (Å²) in [6.45, 7) is 1.96. The summed E-state index contributed by atoms with van der Waals surface area (Å²) in [6, 6.07) is 6.12. The second kappa shape index (κ2) is 3.17. The Labute approximate surface area is 90.8 Å². The third kappa shape index (κ3) is 1.34. The molecular formula is C11H9N3S. The summed E-state index contributed by atoms with van der Waals surface area (Å²) in [5, 5.41) is 3.00. The third-order valence-electron chi connectivity index (χ3n) is 2.29. The molecule has 15 heavy (non-hydrogen) atoms. The van der Waals surface area contributed by atoms with Crippen LogP contribution in [-0.2, 0) is 0 Å². The maximum Gasteiger partial charge on any atom is 0.125 e. The molecule has 0 atom stereocenters. The highest BCUT2D eigenvalue weighted by Crippen LogP contribution is 2.28. The quantitative estimate of drug-likeness (QED) is 0.678. The number of nitrogens with one attached hydrogen (secondary N) is 1. The van der Waals surface area contributed by atoms with Crippen LogP contribution >= 0.6 is 11.3 Å². The number of benzene rings is 1. The molecule has 0 saturated carbocycles. The minimum atomic E-state index is 0.939. The van der Waals surface area contributed by atoms with Gasteiger partial charge in [0.25, 0.3) is 0 Å². The van der Waals surface area contributed by atoms with Gasteiger partial charge < -0.3 is 4.98 Å². The number of imidazole rings is 1. The summed E-state index contributed by atoms with van der Waals surface area (Å²) in [5.41, 5.74) is 3.18. The summed E-state index contributed by atoms with van der Waals surface area (Å²) in [7, 11) is 0. The Morgan fingerprint density at radius 3 is 3.07 bits per heavy atom. The van der Waals surface area contributed by atoms with Gasteiger partial charge in [0, 0.05) is 17.1 Å². The molecule has 2 heterocycles. The number of aromatic amines is 1. The zero-order chi connectivity index (χ0) is 10.3. The molecule has 3 nitrogen and oxygen atoms in total. The van der Waals surface area contributed by atoms with Crippen LogP contribution in [0.15, 0.2) is 29.8 Å². The fourth-order valence-corrected chi connectivity index (χ4v) is 2.35. The number of thiazole rings is 1. The number of aryl methyl sites for hydroxylation is 1. The molecule has 1 aromatic carbocycles. The highest BCUT2D eigenvalue weighted by atomic mass is 32.1. The van der Waals surface area contributed by atoms with Gasteiger partial charge in [-0.3, -0.25) is 0 Å². The van der Waals surface area contributed by atoms with E-state index < -0.39 is 0 Å². The van der Waals surface area contributed by atoms with Gasteiger partial charge in [-0.05, 0) is 19.1 Å². The number of aromatic nitrogens is 3. The smallest absolute Gasteiger partial charge is 0.125 e. The lowest BCUT2D eigenvalue weighted by molar-refractivity contribution is 1.17. The van der Waals surface area contributed by atoms with Gasteiger partial charge in [0.2, 0.25) is 0 Å². The third-order valence-corrected chi connectivity index (χ3v) is 3.10. The lowest BCUT2D eigenvalue weighted by Gasteiger charge is -1.96. The van der Waals surface area contributed by atoms with Crippen molar-refractivity contribution in [1.82, 2.24) is 15.0 Å². The minimum absolute atomic E-state index is 0.939. The van der Waals surface area contributed by atoms with Crippen LogP contribution in [0.5, 0.6) is 0 Å².